The fourth-order valence-electron chi connectivity index (χ4n) is 2.39. The highest BCUT2D eigenvalue weighted by Crippen LogP contribution is 2.38. The number of benzene rings is 2. The van der Waals surface area contributed by atoms with E-state index < -0.39 is 70.5 Å². The van der Waals surface area contributed by atoms with Crippen LogP contribution in [0.5, 0.6) is 0 Å². The van der Waals surface area contributed by atoms with Crippen LogP contribution in [-0.2, 0) is 0 Å². The van der Waals surface area contributed by atoms with Gasteiger partial charge in [0.05, 0.1) is 16.0 Å². The lowest BCUT2D eigenvalue weighted by Gasteiger charge is -2.21. The van der Waals surface area contributed by atoms with Crippen LogP contribution in [0.1, 0.15) is 0 Å². The maximum atomic E-state index is 14.4. The Morgan fingerprint density at radius 2 is 1.11 bits per heavy atom. The molecule has 0 aliphatic carbocycles. The van der Waals surface area contributed by atoms with Crippen molar-refractivity contribution in [3.05, 3.63) is 82.0 Å². The molecule has 1 nitrogen and oxygen atoms in total. The summed E-state index contributed by atoms with van der Waals surface area (Å²) in [6.07, 6.45) is 0. The van der Waals surface area contributed by atoms with E-state index in [1.807, 2.05) is 0 Å². The van der Waals surface area contributed by atoms with E-state index in [2.05, 4.69) is 4.98 Å². The standard InChI is InChI=1S/C17H5ClF8NP/c18-10-2-1-3-11(27-10)28(16-8(21)4-6(19)12(23)14(16)25)17-9(22)5-7(20)13(24)15(17)26/h1-5H. The summed E-state index contributed by atoms with van der Waals surface area (Å²) in [6, 6.07) is 3.38. The summed E-state index contributed by atoms with van der Waals surface area (Å²) in [4.78, 5) is 3.69. The molecule has 0 fully saturated rings. The maximum Gasteiger partial charge on any atom is 0.195 e. The van der Waals surface area contributed by atoms with Gasteiger partial charge in [0.2, 0.25) is 0 Å². The van der Waals surface area contributed by atoms with E-state index in [4.69, 9.17) is 11.6 Å². The first-order chi connectivity index (χ1) is 13.1. The fourth-order valence-corrected chi connectivity index (χ4v) is 4.88. The van der Waals surface area contributed by atoms with Crippen molar-refractivity contribution in [1.82, 2.24) is 4.98 Å². The highest BCUT2D eigenvalue weighted by molar-refractivity contribution is 7.79. The van der Waals surface area contributed by atoms with Gasteiger partial charge in [-0.25, -0.2) is 40.1 Å². The molecule has 0 aliphatic heterocycles. The monoisotopic (exact) mass is 441 g/mol. The summed E-state index contributed by atoms with van der Waals surface area (Å²) < 4.78 is 111. The van der Waals surface area contributed by atoms with Gasteiger partial charge in [-0.2, -0.15) is 0 Å². The van der Waals surface area contributed by atoms with Gasteiger partial charge in [-0.1, -0.05) is 17.7 Å². The van der Waals surface area contributed by atoms with Crippen molar-refractivity contribution in [3.8, 4) is 0 Å². The SMILES string of the molecule is Fc1cc(F)c(P(c2cccc(Cl)n2)c2c(F)cc(F)c(F)c2F)c(F)c1F. The normalized spacial score (nSPS) is 11.4. The van der Waals surface area contributed by atoms with E-state index in [1.165, 1.54) is 12.1 Å². The lowest BCUT2D eigenvalue weighted by Crippen LogP contribution is -2.32. The molecule has 11 heteroatoms. The van der Waals surface area contributed by atoms with Crippen molar-refractivity contribution >= 4 is 35.6 Å². The fraction of sp³-hybridized carbons (Fsp3) is 0. The maximum absolute atomic E-state index is 14.4. The van der Waals surface area contributed by atoms with Gasteiger partial charge in [0, 0.05) is 20.1 Å². The summed E-state index contributed by atoms with van der Waals surface area (Å²) in [5.74, 6) is -15.6. The van der Waals surface area contributed by atoms with Crippen LogP contribution in [-0.4, -0.2) is 4.98 Å². The molecule has 0 saturated carbocycles. The first-order valence-electron chi connectivity index (χ1n) is 7.22. The Balaban J connectivity index is 2.44. The smallest absolute Gasteiger partial charge is 0.195 e. The second-order valence-corrected chi connectivity index (χ2v) is 7.70. The molecule has 0 N–H and O–H groups in total. The van der Waals surface area contributed by atoms with E-state index in [-0.39, 0.29) is 17.3 Å². The molecule has 1 heterocycles. The minimum Gasteiger partial charge on any atom is -0.236 e. The Hall–Kier alpha value is -2.25. The molecule has 0 aliphatic rings. The zero-order valence-electron chi connectivity index (χ0n) is 13.2. The molecule has 0 amide bonds. The first kappa shape index (κ1) is 20.5. The van der Waals surface area contributed by atoms with Gasteiger partial charge in [0.15, 0.2) is 34.9 Å². The molecule has 28 heavy (non-hydrogen) atoms. The van der Waals surface area contributed by atoms with E-state index in [0.29, 0.717) is 0 Å². The highest BCUT2D eigenvalue weighted by Gasteiger charge is 2.35. The Kier molecular flexibility index (Phi) is 5.59. The minimum atomic E-state index is -3.11. The molecule has 3 rings (SSSR count). The van der Waals surface area contributed by atoms with Crippen LogP contribution in [0.3, 0.4) is 0 Å². The van der Waals surface area contributed by atoms with Crippen molar-refractivity contribution < 1.29 is 35.1 Å². The Morgan fingerprint density at radius 1 is 0.643 bits per heavy atom. The Bertz CT molecular complexity index is 1030. The summed E-state index contributed by atoms with van der Waals surface area (Å²) in [5.41, 5.74) is -0.463. The van der Waals surface area contributed by atoms with Crippen LogP contribution in [0.4, 0.5) is 35.1 Å². The molecular weight excluding hydrogens is 437 g/mol. The summed E-state index contributed by atoms with van der Waals surface area (Å²) >= 11 is 5.69. The second kappa shape index (κ2) is 7.64. The van der Waals surface area contributed by atoms with Crippen molar-refractivity contribution in [2.75, 3.05) is 0 Å². The van der Waals surface area contributed by atoms with Crippen LogP contribution in [0.25, 0.3) is 0 Å². The molecule has 0 bridgehead atoms. The van der Waals surface area contributed by atoms with Crippen LogP contribution in [0.2, 0.25) is 5.15 Å². The number of halogens is 9. The number of rotatable bonds is 3. The van der Waals surface area contributed by atoms with Gasteiger partial charge in [0.1, 0.15) is 16.8 Å². The van der Waals surface area contributed by atoms with Gasteiger partial charge in [-0.3, -0.25) is 0 Å². The number of hydrogen-bond acceptors (Lipinski definition) is 1. The second-order valence-electron chi connectivity index (χ2n) is 5.29. The third-order valence-electron chi connectivity index (χ3n) is 3.56. The topological polar surface area (TPSA) is 12.9 Å². The van der Waals surface area contributed by atoms with Crippen molar-refractivity contribution in [3.63, 3.8) is 0 Å². The third kappa shape index (κ3) is 3.44. The van der Waals surface area contributed by atoms with Crippen LogP contribution in [0, 0.1) is 46.5 Å². The molecule has 0 spiro atoms. The molecule has 146 valence electrons. The molecule has 0 saturated heterocycles. The first-order valence-corrected chi connectivity index (χ1v) is 8.94. The van der Waals surface area contributed by atoms with Crippen LogP contribution in [0.15, 0.2) is 30.3 Å². The third-order valence-corrected chi connectivity index (χ3v) is 6.19. The predicted octanol–water partition coefficient (Wildman–Crippen LogP) is 4.61. The van der Waals surface area contributed by atoms with Crippen molar-refractivity contribution in [1.29, 1.82) is 0 Å². The zero-order valence-corrected chi connectivity index (χ0v) is 14.8. The molecular formula is C17H5ClF8NP. The number of pyridine rings is 1. The van der Waals surface area contributed by atoms with Crippen molar-refractivity contribution in [2.24, 2.45) is 0 Å². The summed E-state index contributed by atoms with van der Waals surface area (Å²) in [5, 5.41) is -2.86. The van der Waals surface area contributed by atoms with E-state index >= 15 is 0 Å². The van der Waals surface area contributed by atoms with Gasteiger partial charge >= 0.3 is 0 Å². The highest BCUT2D eigenvalue weighted by atomic mass is 35.5. The molecule has 0 atom stereocenters. The van der Waals surface area contributed by atoms with E-state index in [9.17, 15) is 35.1 Å². The number of hydrogen-bond donors (Lipinski definition) is 0. The average molecular weight is 442 g/mol. The van der Waals surface area contributed by atoms with Crippen LogP contribution >= 0.6 is 19.5 Å². The van der Waals surface area contributed by atoms with E-state index in [1.54, 1.807) is 0 Å². The Morgan fingerprint density at radius 3 is 1.54 bits per heavy atom. The van der Waals surface area contributed by atoms with E-state index in [0.717, 1.165) is 6.07 Å². The summed E-state index contributed by atoms with van der Waals surface area (Å²) in [6.45, 7) is 0. The largest absolute Gasteiger partial charge is 0.236 e. The van der Waals surface area contributed by atoms with Gasteiger partial charge in [0.25, 0.3) is 0 Å². The quantitative estimate of drug-likeness (QED) is 0.190. The van der Waals surface area contributed by atoms with Gasteiger partial charge < -0.3 is 0 Å². The summed E-state index contributed by atoms with van der Waals surface area (Å²) in [7, 11) is -3.11. The minimum absolute atomic E-state index is 0.0384. The van der Waals surface area contributed by atoms with Gasteiger partial charge in [-0.05, 0) is 12.1 Å². The molecule has 1 aromatic heterocycles. The van der Waals surface area contributed by atoms with Gasteiger partial charge in [-0.15, -0.1) is 0 Å². The Labute approximate surface area is 158 Å². The predicted molar refractivity (Wildman–Crippen MR) is 87.6 cm³/mol. The lowest BCUT2D eigenvalue weighted by molar-refractivity contribution is 0.439. The molecule has 2 aromatic carbocycles. The number of aromatic nitrogens is 1. The number of nitrogens with zero attached hydrogens (tertiary/aromatic N) is 1. The molecule has 0 unspecified atom stereocenters. The van der Waals surface area contributed by atoms with Crippen molar-refractivity contribution in [2.45, 2.75) is 0 Å². The van der Waals surface area contributed by atoms with Crippen LogP contribution < -0.4 is 16.0 Å². The average Bonchev–Trinajstić information content (AvgIpc) is 2.63. The zero-order chi connectivity index (χ0) is 20.7. The molecule has 0 radical (unpaired) electrons. The lowest BCUT2D eigenvalue weighted by atomic mass is 10.3. The molecule has 3 aromatic rings.